The van der Waals surface area contributed by atoms with E-state index in [0.29, 0.717) is 11.5 Å². The van der Waals surface area contributed by atoms with Gasteiger partial charge >= 0.3 is 0 Å². The highest BCUT2D eigenvalue weighted by molar-refractivity contribution is 5.08. The smallest absolute Gasteiger partial charge is 0.229 e. The Morgan fingerprint density at radius 1 is 1.27 bits per heavy atom. The van der Waals surface area contributed by atoms with Gasteiger partial charge in [0.25, 0.3) is 0 Å². The fourth-order valence-electron chi connectivity index (χ4n) is 4.61. The van der Waals surface area contributed by atoms with Crippen molar-refractivity contribution in [3.8, 4) is 0 Å². The molecule has 2 aromatic rings. The first kappa shape index (κ1) is 17.7. The largest absolute Gasteiger partial charge is 0.353 e. The number of piperidine rings is 1. The molecule has 0 amide bonds. The van der Waals surface area contributed by atoms with Crippen molar-refractivity contribution < 1.29 is 4.52 Å². The van der Waals surface area contributed by atoms with Crippen LogP contribution in [0, 0.1) is 5.41 Å². The first-order valence-electron chi connectivity index (χ1n) is 9.82. The van der Waals surface area contributed by atoms with Gasteiger partial charge in [0.05, 0.1) is 6.04 Å². The van der Waals surface area contributed by atoms with E-state index >= 15 is 0 Å². The van der Waals surface area contributed by atoms with E-state index in [9.17, 15) is 0 Å². The number of likely N-dealkylation sites (tertiary alicyclic amines) is 2. The van der Waals surface area contributed by atoms with Crippen molar-refractivity contribution in [2.24, 2.45) is 12.5 Å². The number of hydrogen-bond acceptors (Lipinski definition) is 5. The molecule has 2 fully saturated rings. The molecule has 142 valence electrons. The van der Waals surface area contributed by atoms with Gasteiger partial charge in [0, 0.05) is 37.9 Å². The Hall–Kier alpha value is -1.66. The molecule has 0 aromatic carbocycles. The van der Waals surface area contributed by atoms with Crippen LogP contribution in [0.25, 0.3) is 0 Å². The van der Waals surface area contributed by atoms with Gasteiger partial charge in [0.2, 0.25) is 5.89 Å². The van der Waals surface area contributed by atoms with Crippen LogP contribution >= 0.6 is 0 Å². The lowest BCUT2D eigenvalue weighted by Crippen LogP contribution is -2.41. The van der Waals surface area contributed by atoms with Crippen LogP contribution < -0.4 is 0 Å². The molecule has 6 heteroatoms. The summed E-state index contributed by atoms with van der Waals surface area (Å²) in [4.78, 5) is 9.69. The lowest BCUT2D eigenvalue weighted by atomic mass is 9.76. The van der Waals surface area contributed by atoms with E-state index < -0.39 is 0 Å². The molecule has 2 aliphatic rings. The summed E-state index contributed by atoms with van der Waals surface area (Å²) in [6.07, 6.45) is 5.80. The molecule has 2 aliphatic heterocycles. The van der Waals surface area contributed by atoms with Gasteiger partial charge in [-0.05, 0) is 56.9 Å². The lowest BCUT2D eigenvalue weighted by Gasteiger charge is -2.39. The molecule has 0 N–H and O–H groups in total. The summed E-state index contributed by atoms with van der Waals surface area (Å²) in [6, 6.07) is 4.66. The van der Waals surface area contributed by atoms with Crippen molar-refractivity contribution >= 4 is 0 Å². The fraction of sp³-hybridized carbons (Fsp3) is 0.700. The van der Waals surface area contributed by atoms with Crippen molar-refractivity contribution in [1.29, 1.82) is 0 Å². The molecule has 0 bridgehead atoms. The molecule has 26 heavy (non-hydrogen) atoms. The number of nitrogens with zero attached hydrogens (tertiary/aromatic N) is 5. The van der Waals surface area contributed by atoms with Crippen molar-refractivity contribution in [3.63, 3.8) is 0 Å². The first-order valence-corrected chi connectivity index (χ1v) is 9.82. The maximum Gasteiger partial charge on any atom is 0.229 e. The van der Waals surface area contributed by atoms with Crippen LogP contribution in [0.4, 0.5) is 0 Å². The minimum atomic E-state index is 0.290. The maximum atomic E-state index is 5.45. The second kappa shape index (κ2) is 6.82. The van der Waals surface area contributed by atoms with Gasteiger partial charge in [-0.15, -0.1) is 0 Å². The normalized spacial score (nSPS) is 24.1. The zero-order valence-corrected chi connectivity index (χ0v) is 16.5. The topological polar surface area (TPSA) is 50.3 Å². The standard InChI is InChI=1S/C20H31N5O/c1-15(2)19-21-18(22-26-19)17-12-20(14-24(17)4)7-10-25(11-8-20)13-16-6-5-9-23(16)3/h5-6,9,15,17H,7-8,10-14H2,1-4H3. The predicted octanol–water partition coefficient (Wildman–Crippen LogP) is 3.19. The van der Waals surface area contributed by atoms with E-state index in [4.69, 9.17) is 4.52 Å². The minimum absolute atomic E-state index is 0.290. The molecule has 0 radical (unpaired) electrons. The highest BCUT2D eigenvalue weighted by Gasteiger charge is 2.46. The Labute approximate surface area is 156 Å². The monoisotopic (exact) mass is 357 g/mol. The fourth-order valence-corrected chi connectivity index (χ4v) is 4.61. The summed E-state index contributed by atoms with van der Waals surface area (Å²) in [5.41, 5.74) is 1.80. The molecule has 2 aromatic heterocycles. The molecule has 1 unspecified atom stereocenters. The number of rotatable bonds is 4. The minimum Gasteiger partial charge on any atom is -0.353 e. The van der Waals surface area contributed by atoms with Gasteiger partial charge in [-0.2, -0.15) is 4.98 Å². The third kappa shape index (κ3) is 3.32. The molecule has 0 saturated carbocycles. The highest BCUT2D eigenvalue weighted by Crippen LogP contribution is 2.47. The van der Waals surface area contributed by atoms with Gasteiger partial charge in [0.15, 0.2) is 5.82 Å². The highest BCUT2D eigenvalue weighted by atomic mass is 16.5. The summed E-state index contributed by atoms with van der Waals surface area (Å²) in [5, 5.41) is 4.28. The Kier molecular flexibility index (Phi) is 4.65. The maximum absolute atomic E-state index is 5.45. The molecular weight excluding hydrogens is 326 g/mol. The van der Waals surface area contributed by atoms with E-state index in [0.717, 1.165) is 31.2 Å². The van der Waals surface area contributed by atoms with Crippen molar-refractivity contribution in [2.75, 3.05) is 26.7 Å². The van der Waals surface area contributed by atoms with E-state index in [1.165, 1.54) is 31.6 Å². The molecular formula is C20H31N5O. The average molecular weight is 358 g/mol. The number of hydrogen-bond donors (Lipinski definition) is 0. The Balaban J connectivity index is 1.39. The predicted molar refractivity (Wildman–Crippen MR) is 101 cm³/mol. The summed E-state index contributed by atoms with van der Waals surface area (Å²) in [6.45, 7) is 8.74. The van der Waals surface area contributed by atoms with Crippen LogP contribution in [0.5, 0.6) is 0 Å². The summed E-state index contributed by atoms with van der Waals surface area (Å²) < 4.78 is 7.68. The zero-order valence-electron chi connectivity index (χ0n) is 16.5. The SMILES string of the molecule is CC(C)c1nc(C2CC3(CCN(Cc4cccn4C)CC3)CN2C)no1. The molecule has 4 heterocycles. The zero-order chi connectivity index (χ0) is 18.3. The van der Waals surface area contributed by atoms with Gasteiger partial charge in [0.1, 0.15) is 0 Å². The van der Waals surface area contributed by atoms with Crippen molar-refractivity contribution in [3.05, 3.63) is 35.7 Å². The summed E-state index contributed by atoms with van der Waals surface area (Å²) in [7, 11) is 4.34. The van der Waals surface area contributed by atoms with Crippen LogP contribution in [0.2, 0.25) is 0 Å². The van der Waals surface area contributed by atoms with Gasteiger partial charge in [-0.1, -0.05) is 19.0 Å². The average Bonchev–Trinajstić information content (AvgIpc) is 3.30. The third-order valence-corrected chi connectivity index (χ3v) is 6.35. The van der Waals surface area contributed by atoms with Crippen LogP contribution in [-0.4, -0.2) is 51.2 Å². The quantitative estimate of drug-likeness (QED) is 0.841. The number of aryl methyl sites for hydroxylation is 1. The van der Waals surface area contributed by atoms with Crippen molar-refractivity contribution in [2.45, 2.75) is 51.6 Å². The van der Waals surface area contributed by atoms with Crippen LogP contribution in [0.15, 0.2) is 22.9 Å². The van der Waals surface area contributed by atoms with Gasteiger partial charge < -0.3 is 9.09 Å². The van der Waals surface area contributed by atoms with Gasteiger partial charge in [-0.25, -0.2) is 0 Å². The first-order chi connectivity index (χ1) is 12.5. The van der Waals surface area contributed by atoms with E-state index in [2.05, 4.69) is 70.8 Å². The molecule has 0 aliphatic carbocycles. The lowest BCUT2D eigenvalue weighted by molar-refractivity contribution is 0.104. The second-order valence-corrected chi connectivity index (χ2v) is 8.67. The van der Waals surface area contributed by atoms with Gasteiger partial charge in [-0.3, -0.25) is 9.80 Å². The Bertz CT molecular complexity index is 741. The van der Waals surface area contributed by atoms with Crippen LogP contribution in [0.1, 0.15) is 62.5 Å². The second-order valence-electron chi connectivity index (χ2n) is 8.67. The van der Waals surface area contributed by atoms with E-state index in [-0.39, 0.29) is 5.92 Å². The molecule has 1 atom stereocenters. The molecule has 6 nitrogen and oxygen atoms in total. The number of aromatic nitrogens is 3. The van der Waals surface area contributed by atoms with Crippen LogP contribution in [0.3, 0.4) is 0 Å². The van der Waals surface area contributed by atoms with Crippen molar-refractivity contribution in [1.82, 2.24) is 24.5 Å². The third-order valence-electron chi connectivity index (χ3n) is 6.35. The van der Waals surface area contributed by atoms with E-state index in [1.54, 1.807) is 0 Å². The molecule has 4 rings (SSSR count). The molecule has 1 spiro atoms. The summed E-state index contributed by atoms with van der Waals surface area (Å²) >= 11 is 0. The van der Waals surface area contributed by atoms with E-state index in [1.807, 2.05) is 0 Å². The Morgan fingerprint density at radius 3 is 2.65 bits per heavy atom. The summed E-state index contributed by atoms with van der Waals surface area (Å²) in [5.74, 6) is 1.92. The Morgan fingerprint density at radius 2 is 2.04 bits per heavy atom. The van der Waals surface area contributed by atoms with Crippen LogP contribution in [-0.2, 0) is 13.6 Å². The molecule has 2 saturated heterocycles.